The molecule has 3 heterocycles. The lowest BCUT2D eigenvalue weighted by Gasteiger charge is -2.35. The number of hydrogen-bond donors (Lipinski definition) is 1. The second-order valence-electron chi connectivity index (χ2n) is 8.55. The van der Waals surface area contributed by atoms with Crippen LogP contribution in [0.25, 0.3) is 5.82 Å². The zero-order valence-corrected chi connectivity index (χ0v) is 19.7. The summed E-state index contributed by atoms with van der Waals surface area (Å²) in [6.45, 7) is 4.02. The summed E-state index contributed by atoms with van der Waals surface area (Å²) >= 11 is 0. The van der Waals surface area contributed by atoms with Gasteiger partial charge in [-0.3, -0.25) is 9.69 Å². The Bertz CT molecular complexity index is 1140. The lowest BCUT2D eigenvalue weighted by Crippen LogP contribution is -2.40. The smallest absolute Gasteiger partial charge is 0.417 e. The van der Waals surface area contributed by atoms with Crippen LogP contribution in [0.1, 0.15) is 52.5 Å². The number of carbonyl (C=O) groups excluding carboxylic acids is 1. The van der Waals surface area contributed by atoms with Crippen molar-refractivity contribution >= 4 is 5.91 Å². The molecular weight excluding hydrogens is 459 g/mol. The first kappa shape index (κ1) is 24.7. The van der Waals surface area contributed by atoms with Crippen LogP contribution >= 0.6 is 0 Å². The predicted octanol–water partition coefficient (Wildman–Crippen LogP) is 4.56. The second-order valence-corrected chi connectivity index (χ2v) is 8.55. The minimum Gasteiger partial charge on any atom is -0.497 e. The number of ether oxygens (including phenoxy) is 1. The van der Waals surface area contributed by atoms with Gasteiger partial charge in [0, 0.05) is 12.7 Å². The number of rotatable bonds is 7. The van der Waals surface area contributed by atoms with Gasteiger partial charge in [0.15, 0.2) is 5.82 Å². The van der Waals surface area contributed by atoms with Crippen molar-refractivity contribution in [1.82, 2.24) is 25.0 Å². The van der Waals surface area contributed by atoms with Crippen LogP contribution in [0.4, 0.5) is 13.2 Å². The zero-order valence-electron chi connectivity index (χ0n) is 19.7. The van der Waals surface area contributed by atoms with Crippen molar-refractivity contribution in [2.24, 2.45) is 0 Å². The maximum Gasteiger partial charge on any atom is 0.417 e. The Labute approximate surface area is 201 Å². The standard InChI is InChI=1S/C25H28F3N5O2/c1-17-21(15-31-33(17)23-11-8-19(14-29-23)25(26,27)28)24(34)30-16-22(32-12-4-3-5-13-32)18-6-9-20(35-2)10-7-18/h6-11,14-15,22H,3-5,12-13,16H2,1-2H3,(H,30,34). The highest BCUT2D eigenvalue weighted by atomic mass is 19.4. The largest absolute Gasteiger partial charge is 0.497 e. The molecule has 0 saturated carbocycles. The molecule has 7 nitrogen and oxygen atoms in total. The fourth-order valence-corrected chi connectivity index (χ4v) is 4.34. The van der Waals surface area contributed by atoms with Crippen LogP contribution in [0.15, 0.2) is 48.8 Å². The van der Waals surface area contributed by atoms with Gasteiger partial charge in [0.1, 0.15) is 5.75 Å². The number of piperidine rings is 1. The fraction of sp³-hybridized carbons (Fsp3) is 0.400. The van der Waals surface area contributed by atoms with E-state index in [1.807, 2.05) is 24.3 Å². The van der Waals surface area contributed by atoms with E-state index in [0.717, 1.165) is 49.5 Å². The van der Waals surface area contributed by atoms with Crippen LogP contribution in [0.3, 0.4) is 0 Å². The third-order valence-corrected chi connectivity index (χ3v) is 6.33. The third kappa shape index (κ3) is 5.64. The number of benzene rings is 1. The number of carbonyl (C=O) groups is 1. The van der Waals surface area contributed by atoms with Crippen molar-refractivity contribution in [1.29, 1.82) is 0 Å². The van der Waals surface area contributed by atoms with Gasteiger partial charge in [-0.05, 0) is 62.7 Å². The third-order valence-electron chi connectivity index (χ3n) is 6.33. The van der Waals surface area contributed by atoms with Crippen molar-refractivity contribution in [3.8, 4) is 11.6 Å². The monoisotopic (exact) mass is 487 g/mol. The Hall–Kier alpha value is -3.40. The van der Waals surface area contributed by atoms with E-state index in [4.69, 9.17) is 4.74 Å². The molecule has 1 aliphatic heterocycles. The lowest BCUT2D eigenvalue weighted by molar-refractivity contribution is -0.137. The highest BCUT2D eigenvalue weighted by Crippen LogP contribution is 2.29. The van der Waals surface area contributed by atoms with E-state index in [2.05, 4.69) is 20.3 Å². The van der Waals surface area contributed by atoms with Crippen LogP contribution < -0.4 is 10.1 Å². The molecule has 0 bridgehead atoms. The average molecular weight is 488 g/mol. The first-order valence-electron chi connectivity index (χ1n) is 11.5. The molecule has 186 valence electrons. The number of nitrogens with one attached hydrogen (secondary N) is 1. The van der Waals surface area contributed by atoms with Crippen LogP contribution in [0.5, 0.6) is 5.75 Å². The highest BCUT2D eigenvalue weighted by molar-refractivity contribution is 5.95. The highest BCUT2D eigenvalue weighted by Gasteiger charge is 2.31. The summed E-state index contributed by atoms with van der Waals surface area (Å²) in [7, 11) is 1.63. The summed E-state index contributed by atoms with van der Waals surface area (Å²) in [4.78, 5) is 19.3. The maximum absolute atomic E-state index is 13.0. The SMILES string of the molecule is COc1ccc(C(CNC(=O)c2cnn(-c3ccc(C(F)(F)F)cn3)c2C)N2CCCCC2)cc1. The Kier molecular flexibility index (Phi) is 7.39. The first-order valence-corrected chi connectivity index (χ1v) is 11.5. The molecule has 1 aromatic carbocycles. The first-order chi connectivity index (χ1) is 16.8. The molecule has 1 saturated heterocycles. The van der Waals surface area contributed by atoms with E-state index >= 15 is 0 Å². The molecule has 3 aromatic rings. The molecule has 1 fully saturated rings. The van der Waals surface area contributed by atoms with Crippen molar-refractivity contribution in [2.75, 3.05) is 26.7 Å². The minimum absolute atomic E-state index is 0.0112. The van der Waals surface area contributed by atoms with E-state index in [1.165, 1.54) is 23.4 Å². The molecule has 10 heteroatoms. The maximum atomic E-state index is 13.0. The minimum atomic E-state index is -4.47. The van der Waals surface area contributed by atoms with Crippen LogP contribution in [0.2, 0.25) is 0 Å². The number of amides is 1. The van der Waals surface area contributed by atoms with Gasteiger partial charge in [0.05, 0.1) is 36.2 Å². The van der Waals surface area contributed by atoms with E-state index < -0.39 is 11.7 Å². The molecule has 0 spiro atoms. The van der Waals surface area contributed by atoms with Crippen LogP contribution in [0, 0.1) is 6.92 Å². The summed E-state index contributed by atoms with van der Waals surface area (Å²) in [5, 5.41) is 7.20. The second kappa shape index (κ2) is 10.5. The van der Waals surface area contributed by atoms with Crippen LogP contribution in [-0.2, 0) is 6.18 Å². The lowest BCUT2D eigenvalue weighted by atomic mass is 10.0. The molecule has 0 aliphatic carbocycles. The zero-order chi connectivity index (χ0) is 25.0. The molecule has 1 amide bonds. The average Bonchev–Trinajstić information content (AvgIpc) is 3.26. The summed E-state index contributed by atoms with van der Waals surface area (Å²) < 4.78 is 45.1. The van der Waals surface area contributed by atoms with Gasteiger partial charge in [-0.2, -0.15) is 18.3 Å². The summed E-state index contributed by atoms with van der Waals surface area (Å²) in [5.74, 6) is 0.685. The molecule has 35 heavy (non-hydrogen) atoms. The van der Waals surface area contributed by atoms with Gasteiger partial charge in [0.25, 0.3) is 5.91 Å². The van der Waals surface area contributed by atoms with Gasteiger partial charge in [0.2, 0.25) is 0 Å². The topological polar surface area (TPSA) is 72.3 Å². The van der Waals surface area contributed by atoms with E-state index in [-0.39, 0.29) is 17.8 Å². The Morgan fingerprint density at radius 3 is 2.40 bits per heavy atom. The Balaban J connectivity index is 1.49. The number of nitrogens with zero attached hydrogens (tertiary/aromatic N) is 4. The van der Waals surface area contributed by atoms with Gasteiger partial charge in [-0.1, -0.05) is 18.6 Å². The molecule has 2 aromatic heterocycles. The van der Waals surface area contributed by atoms with Gasteiger partial charge >= 0.3 is 6.18 Å². The van der Waals surface area contributed by atoms with E-state index in [1.54, 1.807) is 14.0 Å². The summed E-state index contributed by atoms with van der Waals surface area (Å²) in [6, 6.07) is 10.1. The van der Waals surface area contributed by atoms with Crippen LogP contribution in [-0.4, -0.2) is 52.3 Å². The number of alkyl halides is 3. The van der Waals surface area contributed by atoms with Gasteiger partial charge in [-0.15, -0.1) is 0 Å². The Morgan fingerprint density at radius 1 is 1.09 bits per heavy atom. The molecule has 1 unspecified atom stereocenters. The molecule has 1 N–H and O–H groups in total. The quantitative estimate of drug-likeness (QED) is 0.529. The van der Waals surface area contributed by atoms with Crippen molar-refractivity contribution in [3.05, 3.63) is 71.2 Å². The van der Waals surface area contributed by atoms with Crippen molar-refractivity contribution in [3.63, 3.8) is 0 Å². The number of halogens is 3. The number of likely N-dealkylation sites (tertiary alicyclic amines) is 1. The molecule has 1 atom stereocenters. The van der Waals surface area contributed by atoms with E-state index in [0.29, 0.717) is 17.8 Å². The number of aromatic nitrogens is 3. The van der Waals surface area contributed by atoms with Gasteiger partial charge < -0.3 is 10.1 Å². The number of methoxy groups -OCH3 is 1. The fourth-order valence-electron chi connectivity index (χ4n) is 4.34. The predicted molar refractivity (Wildman–Crippen MR) is 125 cm³/mol. The van der Waals surface area contributed by atoms with E-state index in [9.17, 15) is 18.0 Å². The Morgan fingerprint density at radius 2 is 1.80 bits per heavy atom. The summed E-state index contributed by atoms with van der Waals surface area (Å²) in [6.07, 6.45) is 1.14. The van der Waals surface area contributed by atoms with Crippen molar-refractivity contribution < 1.29 is 22.7 Å². The number of pyridine rings is 1. The number of hydrogen-bond acceptors (Lipinski definition) is 5. The summed E-state index contributed by atoms with van der Waals surface area (Å²) in [5.41, 5.74) is 1.09. The normalized spacial score (nSPS) is 15.6. The van der Waals surface area contributed by atoms with Gasteiger partial charge in [-0.25, -0.2) is 9.67 Å². The molecule has 1 aliphatic rings. The molecule has 4 rings (SSSR count). The van der Waals surface area contributed by atoms with Crippen molar-refractivity contribution in [2.45, 2.75) is 38.4 Å². The molecule has 0 radical (unpaired) electrons. The molecular formula is C25H28F3N5O2.